The SMILES string of the molecule is COc1cccc(N=C2NC(=O)SC2=Cc2c(C)noc2C)c1. The Morgan fingerprint density at radius 1 is 1.39 bits per heavy atom. The minimum absolute atomic E-state index is 0.162. The number of aliphatic imine (C=N–C) groups is 1. The van der Waals surface area contributed by atoms with Crippen LogP contribution in [-0.2, 0) is 0 Å². The number of aryl methyl sites for hydroxylation is 2. The van der Waals surface area contributed by atoms with Crippen LogP contribution < -0.4 is 10.1 Å². The van der Waals surface area contributed by atoms with Crippen LogP contribution in [0, 0.1) is 13.8 Å². The first-order valence-corrected chi connectivity index (χ1v) is 7.75. The molecule has 7 heteroatoms. The molecule has 0 spiro atoms. The zero-order valence-corrected chi connectivity index (χ0v) is 13.7. The van der Waals surface area contributed by atoms with E-state index in [4.69, 9.17) is 9.26 Å². The standard InChI is InChI=1S/C16H15N3O3S/c1-9-13(10(2)22-19-9)8-14-15(18-16(20)23-14)17-11-5-4-6-12(7-11)21-3/h4-8H,1-3H3,(H,17,18,20). The number of amidine groups is 1. The van der Waals surface area contributed by atoms with E-state index in [0.717, 1.165) is 27.9 Å². The van der Waals surface area contributed by atoms with E-state index < -0.39 is 0 Å². The van der Waals surface area contributed by atoms with Crippen molar-refractivity contribution in [3.05, 3.63) is 46.2 Å². The van der Waals surface area contributed by atoms with Gasteiger partial charge in [0.1, 0.15) is 17.3 Å². The highest BCUT2D eigenvalue weighted by atomic mass is 32.2. The van der Waals surface area contributed by atoms with E-state index in [2.05, 4.69) is 15.5 Å². The first kappa shape index (κ1) is 15.4. The topological polar surface area (TPSA) is 76.7 Å². The van der Waals surface area contributed by atoms with Gasteiger partial charge in [0, 0.05) is 11.6 Å². The van der Waals surface area contributed by atoms with Gasteiger partial charge < -0.3 is 14.6 Å². The summed E-state index contributed by atoms with van der Waals surface area (Å²) in [6, 6.07) is 7.33. The third kappa shape index (κ3) is 3.29. The van der Waals surface area contributed by atoms with Crippen molar-refractivity contribution in [3.63, 3.8) is 0 Å². The minimum atomic E-state index is -0.162. The Balaban J connectivity index is 1.99. The number of hydrogen-bond acceptors (Lipinski definition) is 6. The number of nitrogens with one attached hydrogen (secondary N) is 1. The second kappa shape index (κ2) is 6.29. The molecule has 3 rings (SSSR count). The van der Waals surface area contributed by atoms with Crippen LogP contribution in [0.4, 0.5) is 10.5 Å². The molecule has 2 heterocycles. The van der Waals surface area contributed by atoms with Crippen LogP contribution in [0.5, 0.6) is 5.75 Å². The molecule has 1 aliphatic heterocycles. The molecule has 0 atom stereocenters. The van der Waals surface area contributed by atoms with Crippen LogP contribution in [0.1, 0.15) is 17.0 Å². The van der Waals surface area contributed by atoms with Crippen LogP contribution in [0.15, 0.2) is 38.7 Å². The first-order valence-electron chi connectivity index (χ1n) is 6.93. The number of rotatable bonds is 3. The van der Waals surface area contributed by atoms with Gasteiger partial charge in [0.05, 0.1) is 23.4 Å². The first-order chi connectivity index (χ1) is 11.1. The van der Waals surface area contributed by atoms with E-state index in [1.54, 1.807) is 13.2 Å². The van der Waals surface area contributed by atoms with E-state index in [1.807, 2.05) is 38.1 Å². The van der Waals surface area contributed by atoms with Crippen LogP contribution in [0.3, 0.4) is 0 Å². The van der Waals surface area contributed by atoms with Crippen molar-refractivity contribution in [2.45, 2.75) is 13.8 Å². The molecule has 1 fully saturated rings. The summed E-state index contributed by atoms with van der Waals surface area (Å²) in [6.07, 6.45) is 1.86. The number of hydrogen-bond donors (Lipinski definition) is 1. The summed E-state index contributed by atoms with van der Waals surface area (Å²) in [4.78, 5) is 17.0. The quantitative estimate of drug-likeness (QED) is 0.926. The molecule has 1 amide bonds. The van der Waals surface area contributed by atoms with Gasteiger partial charge in [-0.1, -0.05) is 11.2 Å². The van der Waals surface area contributed by atoms with Gasteiger partial charge in [-0.15, -0.1) is 0 Å². The molecular formula is C16H15N3O3S. The highest BCUT2D eigenvalue weighted by molar-refractivity contribution is 8.18. The molecule has 1 aromatic carbocycles. The smallest absolute Gasteiger partial charge is 0.289 e. The van der Waals surface area contributed by atoms with Crippen molar-refractivity contribution >= 4 is 34.6 Å². The number of aromatic nitrogens is 1. The molecule has 1 aliphatic rings. The Kier molecular flexibility index (Phi) is 4.20. The molecular weight excluding hydrogens is 314 g/mol. The molecule has 0 unspecified atom stereocenters. The van der Waals surface area contributed by atoms with Crippen molar-refractivity contribution in [3.8, 4) is 5.75 Å². The zero-order valence-electron chi connectivity index (χ0n) is 12.9. The predicted octanol–water partition coefficient (Wildman–Crippen LogP) is 3.83. The number of carbonyl (C=O) groups excluding carboxylic acids is 1. The third-order valence-electron chi connectivity index (χ3n) is 3.31. The van der Waals surface area contributed by atoms with Gasteiger partial charge >= 0.3 is 0 Å². The summed E-state index contributed by atoms with van der Waals surface area (Å²) in [5, 5.41) is 6.51. The van der Waals surface area contributed by atoms with Crippen LogP contribution in [0.25, 0.3) is 6.08 Å². The van der Waals surface area contributed by atoms with E-state index in [1.165, 1.54) is 0 Å². The van der Waals surface area contributed by atoms with Crippen molar-refractivity contribution in [2.75, 3.05) is 7.11 Å². The largest absolute Gasteiger partial charge is 0.497 e. The van der Waals surface area contributed by atoms with Gasteiger partial charge in [-0.05, 0) is 43.8 Å². The number of methoxy groups -OCH3 is 1. The molecule has 0 saturated carbocycles. The molecule has 23 heavy (non-hydrogen) atoms. The summed E-state index contributed by atoms with van der Waals surface area (Å²) < 4.78 is 10.3. The highest BCUT2D eigenvalue weighted by Crippen LogP contribution is 2.30. The Bertz CT molecular complexity index is 804. The van der Waals surface area contributed by atoms with Crippen LogP contribution in [0.2, 0.25) is 0 Å². The lowest BCUT2D eigenvalue weighted by Gasteiger charge is -2.02. The molecule has 2 aromatic rings. The maximum Gasteiger partial charge on any atom is 0.289 e. The van der Waals surface area contributed by atoms with Gasteiger partial charge in [0.2, 0.25) is 0 Å². The predicted molar refractivity (Wildman–Crippen MR) is 90.2 cm³/mol. The minimum Gasteiger partial charge on any atom is -0.497 e. The molecule has 1 N–H and O–H groups in total. The molecule has 1 aromatic heterocycles. The van der Waals surface area contributed by atoms with Gasteiger partial charge in [-0.25, -0.2) is 4.99 Å². The summed E-state index contributed by atoms with van der Waals surface area (Å²) in [7, 11) is 1.60. The number of ether oxygens (including phenoxy) is 1. The number of carbonyl (C=O) groups is 1. The van der Waals surface area contributed by atoms with Gasteiger partial charge in [-0.2, -0.15) is 0 Å². The van der Waals surface area contributed by atoms with E-state index in [0.29, 0.717) is 23.0 Å². The van der Waals surface area contributed by atoms with Gasteiger partial charge in [-0.3, -0.25) is 4.79 Å². The summed E-state index contributed by atoms with van der Waals surface area (Å²) in [6.45, 7) is 3.69. The van der Waals surface area contributed by atoms with Crippen molar-refractivity contribution in [1.29, 1.82) is 0 Å². The molecule has 6 nitrogen and oxygen atoms in total. The fourth-order valence-electron chi connectivity index (χ4n) is 2.15. The second-order valence-corrected chi connectivity index (χ2v) is 5.94. The Morgan fingerprint density at radius 3 is 2.91 bits per heavy atom. The van der Waals surface area contributed by atoms with Crippen LogP contribution >= 0.6 is 11.8 Å². The average Bonchev–Trinajstić information content (AvgIpc) is 3.04. The van der Waals surface area contributed by atoms with E-state index >= 15 is 0 Å². The van der Waals surface area contributed by atoms with Gasteiger partial charge in [0.15, 0.2) is 0 Å². The normalized spacial score (nSPS) is 17.8. The summed E-state index contributed by atoms with van der Waals surface area (Å²) in [5.74, 6) is 1.92. The molecule has 0 aliphatic carbocycles. The highest BCUT2D eigenvalue weighted by Gasteiger charge is 2.24. The second-order valence-electron chi connectivity index (χ2n) is 4.92. The Morgan fingerprint density at radius 2 is 2.22 bits per heavy atom. The maximum atomic E-state index is 11.7. The van der Waals surface area contributed by atoms with E-state index in [9.17, 15) is 4.79 Å². The maximum absolute atomic E-state index is 11.7. The van der Waals surface area contributed by atoms with Crippen molar-refractivity contribution < 1.29 is 14.1 Å². The molecule has 1 saturated heterocycles. The summed E-state index contributed by atoms with van der Waals surface area (Å²) >= 11 is 1.10. The molecule has 0 bridgehead atoms. The number of benzene rings is 1. The molecule has 0 radical (unpaired) electrons. The Labute approximate surface area is 137 Å². The third-order valence-corrected chi connectivity index (χ3v) is 4.13. The zero-order chi connectivity index (χ0) is 16.4. The van der Waals surface area contributed by atoms with E-state index in [-0.39, 0.29) is 5.24 Å². The Hall–Kier alpha value is -2.54. The summed E-state index contributed by atoms with van der Waals surface area (Å²) in [5.41, 5.74) is 2.34. The fourth-order valence-corrected chi connectivity index (χ4v) is 2.87. The van der Waals surface area contributed by atoms with Crippen molar-refractivity contribution in [2.24, 2.45) is 4.99 Å². The molecule has 118 valence electrons. The van der Waals surface area contributed by atoms with Gasteiger partial charge in [0.25, 0.3) is 5.24 Å². The number of nitrogens with zero attached hydrogens (tertiary/aromatic N) is 2. The number of thioether (sulfide) groups is 1. The number of amides is 1. The fraction of sp³-hybridized carbons (Fsp3) is 0.188. The lowest BCUT2D eigenvalue weighted by molar-refractivity contribution is 0.265. The van der Waals surface area contributed by atoms with Crippen molar-refractivity contribution in [1.82, 2.24) is 10.5 Å². The lowest BCUT2D eigenvalue weighted by Crippen LogP contribution is -2.18. The monoisotopic (exact) mass is 329 g/mol. The van der Waals surface area contributed by atoms with Crippen LogP contribution in [-0.4, -0.2) is 23.3 Å². The lowest BCUT2D eigenvalue weighted by atomic mass is 10.2. The average molecular weight is 329 g/mol.